The van der Waals surface area contributed by atoms with Crippen LogP contribution in [0.15, 0.2) is 18.6 Å². The van der Waals surface area contributed by atoms with E-state index in [4.69, 9.17) is 9.47 Å². The minimum absolute atomic E-state index is 0.316. The molecule has 1 spiro atoms. The molecule has 0 bridgehead atoms. The molecule has 0 radical (unpaired) electrons. The predicted molar refractivity (Wildman–Crippen MR) is 55.1 cm³/mol. The molecule has 2 heterocycles. The van der Waals surface area contributed by atoms with Gasteiger partial charge >= 0.3 is 0 Å². The Bertz CT molecular complexity index is 364. The van der Waals surface area contributed by atoms with Crippen molar-refractivity contribution in [1.82, 2.24) is 9.97 Å². The maximum Gasteiger partial charge on any atom is 0.172 e. The number of hydrogen-bond donors (Lipinski definition) is 1. The van der Waals surface area contributed by atoms with Crippen molar-refractivity contribution in [1.29, 1.82) is 0 Å². The fourth-order valence-electron chi connectivity index (χ4n) is 2.24. The first-order chi connectivity index (χ1) is 7.38. The Morgan fingerprint density at radius 3 is 2.80 bits per heavy atom. The minimum atomic E-state index is -0.316. The lowest BCUT2D eigenvalue weighted by molar-refractivity contribution is -0.159. The third kappa shape index (κ3) is 1.60. The van der Waals surface area contributed by atoms with E-state index in [1.165, 1.54) is 5.57 Å². The van der Waals surface area contributed by atoms with Gasteiger partial charge in [-0.3, -0.25) is 0 Å². The molecule has 4 heteroatoms. The summed E-state index contributed by atoms with van der Waals surface area (Å²) in [6.07, 6.45) is 8.55. The van der Waals surface area contributed by atoms with E-state index >= 15 is 0 Å². The second-order valence-corrected chi connectivity index (χ2v) is 4.01. The van der Waals surface area contributed by atoms with Gasteiger partial charge in [0, 0.05) is 12.8 Å². The lowest BCUT2D eigenvalue weighted by Crippen LogP contribution is -2.31. The first-order valence-corrected chi connectivity index (χ1v) is 5.34. The largest absolute Gasteiger partial charge is 0.347 e. The highest BCUT2D eigenvalue weighted by atomic mass is 16.7. The van der Waals surface area contributed by atoms with Crippen molar-refractivity contribution in [2.45, 2.75) is 25.0 Å². The molecule has 1 fully saturated rings. The number of rotatable bonds is 1. The number of allylic oxidation sites excluding steroid dienone is 1. The zero-order chi connectivity index (χ0) is 10.1. The average Bonchev–Trinajstić information content (AvgIpc) is 2.91. The molecular formula is C11H14N2O2. The molecule has 1 aromatic rings. The average molecular weight is 206 g/mol. The van der Waals surface area contributed by atoms with Gasteiger partial charge in [0.05, 0.1) is 31.4 Å². The van der Waals surface area contributed by atoms with Gasteiger partial charge in [0.2, 0.25) is 0 Å². The Labute approximate surface area is 88.3 Å². The topological polar surface area (TPSA) is 47.1 Å². The molecule has 2 aliphatic rings. The van der Waals surface area contributed by atoms with Gasteiger partial charge in [-0.05, 0) is 12.0 Å². The maximum atomic E-state index is 5.65. The minimum Gasteiger partial charge on any atom is -0.347 e. The summed E-state index contributed by atoms with van der Waals surface area (Å²) in [5, 5.41) is 0. The zero-order valence-electron chi connectivity index (χ0n) is 8.53. The van der Waals surface area contributed by atoms with Gasteiger partial charge < -0.3 is 14.5 Å². The Morgan fingerprint density at radius 2 is 2.20 bits per heavy atom. The van der Waals surface area contributed by atoms with Gasteiger partial charge in [0.25, 0.3) is 0 Å². The Hall–Kier alpha value is -1.13. The monoisotopic (exact) mass is 206 g/mol. The summed E-state index contributed by atoms with van der Waals surface area (Å²) >= 11 is 0. The van der Waals surface area contributed by atoms with Gasteiger partial charge in [-0.15, -0.1) is 0 Å². The number of aromatic amines is 1. The maximum absolute atomic E-state index is 5.65. The molecule has 0 atom stereocenters. The molecule has 1 aromatic heterocycles. The summed E-state index contributed by atoms with van der Waals surface area (Å²) in [6.45, 7) is 1.46. The Morgan fingerprint density at radius 1 is 1.33 bits per heavy atom. The van der Waals surface area contributed by atoms with Gasteiger partial charge in [-0.2, -0.15) is 0 Å². The van der Waals surface area contributed by atoms with Crippen LogP contribution in [0.5, 0.6) is 0 Å². The number of hydrogen-bond acceptors (Lipinski definition) is 3. The highest BCUT2D eigenvalue weighted by Crippen LogP contribution is 2.37. The third-order valence-electron chi connectivity index (χ3n) is 3.09. The van der Waals surface area contributed by atoms with Gasteiger partial charge in [-0.25, -0.2) is 4.98 Å². The van der Waals surface area contributed by atoms with E-state index in [2.05, 4.69) is 16.0 Å². The fourth-order valence-corrected chi connectivity index (χ4v) is 2.24. The van der Waals surface area contributed by atoms with Gasteiger partial charge in [-0.1, -0.05) is 6.08 Å². The lowest BCUT2D eigenvalue weighted by Gasteiger charge is -2.30. The van der Waals surface area contributed by atoms with Crippen LogP contribution >= 0.6 is 0 Å². The first kappa shape index (κ1) is 9.12. The fraction of sp³-hybridized carbons (Fsp3) is 0.545. The number of ether oxygens (including phenoxy) is 2. The van der Waals surface area contributed by atoms with Crippen molar-refractivity contribution in [3.63, 3.8) is 0 Å². The van der Waals surface area contributed by atoms with Crippen molar-refractivity contribution in [3.8, 4) is 0 Å². The molecule has 0 saturated carbocycles. The number of nitrogens with one attached hydrogen (secondary N) is 1. The van der Waals surface area contributed by atoms with Crippen molar-refractivity contribution in [3.05, 3.63) is 24.3 Å². The molecule has 0 aromatic carbocycles. The third-order valence-corrected chi connectivity index (χ3v) is 3.09. The highest BCUT2D eigenvalue weighted by Gasteiger charge is 2.37. The van der Waals surface area contributed by atoms with Crippen LogP contribution in [0.25, 0.3) is 5.57 Å². The van der Waals surface area contributed by atoms with E-state index in [1.54, 1.807) is 6.33 Å². The molecular weight excluding hydrogens is 192 g/mol. The quantitative estimate of drug-likeness (QED) is 0.761. The summed E-state index contributed by atoms with van der Waals surface area (Å²) in [7, 11) is 0. The van der Waals surface area contributed by atoms with Crippen LogP contribution in [-0.2, 0) is 9.47 Å². The summed E-state index contributed by atoms with van der Waals surface area (Å²) < 4.78 is 11.3. The van der Waals surface area contributed by atoms with Gasteiger partial charge in [0.1, 0.15) is 0 Å². The van der Waals surface area contributed by atoms with Crippen LogP contribution in [-0.4, -0.2) is 29.0 Å². The summed E-state index contributed by atoms with van der Waals surface area (Å²) in [6, 6.07) is 0. The highest BCUT2D eigenvalue weighted by molar-refractivity contribution is 5.62. The molecule has 1 N–H and O–H groups in total. The first-order valence-electron chi connectivity index (χ1n) is 5.34. The normalized spacial score (nSPS) is 24.4. The second kappa shape index (κ2) is 3.47. The van der Waals surface area contributed by atoms with Crippen LogP contribution in [0.1, 0.15) is 25.0 Å². The molecule has 1 aliphatic heterocycles. The van der Waals surface area contributed by atoms with E-state index < -0.39 is 0 Å². The molecule has 4 nitrogen and oxygen atoms in total. The molecule has 0 unspecified atom stereocenters. The van der Waals surface area contributed by atoms with E-state index in [9.17, 15) is 0 Å². The molecule has 1 saturated heterocycles. The Balaban J connectivity index is 1.78. The predicted octanol–water partition coefficient (Wildman–Crippen LogP) is 1.72. The summed E-state index contributed by atoms with van der Waals surface area (Å²) in [4.78, 5) is 7.15. The lowest BCUT2D eigenvalue weighted by atomic mass is 9.92. The van der Waals surface area contributed by atoms with Gasteiger partial charge in [0.15, 0.2) is 5.79 Å². The molecule has 0 amide bonds. The second-order valence-electron chi connectivity index (χ2n) is 4.01. The van der Waals surface area contributed by atoms with Crippen LogP contribution in [0, 0.1) is 0 Å². The number of H-pyrrole nitrogens is 1. The molecule has 80 valence electrons. The van der Waals surface area contributed by atoms with E-state index in [-0.39, 0.29) is 5.79 Å². The van der Waals surface area contributed by atoms with Crippen LogP contribution in [0.3, 0.4) is 0 Å². The van der Waals surface area contributed by atoms with Crippen LogP contribution in [0.2, 0.25) is 0 Å². The SMILES string of the molecule is C1=C(c2cnc[nH]2)CCC2(C1)OCCO2. The molecule has 15 heavy (non-hydrogen) atoms. The number of imidazole rings is 1. The number of nitrogens with zero attached hydrogens (tertiary/aromatic N) is 1. The van der Waals surface area contributed by atoms with Crippen molar-refractivity contribution >= 4 is 5.57 Å². The van der Waals surface area contributed by atoms with E-state index in [0.717, 1.165) is 38.2 Å². The Kier molecular flexibility index (Phi) is 2.11. The number of aromatic nitrogens is 2. The van der Waals surface area contributed by atoms with E-state index in [1.807, 2.05) is 6.20 Å². The van der Waals surface area contributed by atoms with E-state index in [0.29, 0.717) is 0 Å². The van der Waals surface area contributed by atoms with Crippen molar-refractivity contribution in [2.75, 3.05) is 13.2 Å². The summed E-state index contributed by atoms with van der Waals surface area (Å²) in [5.41, 5.74) is 2.43. The zero-order valence-corrected chi connectivity index (χ0v) is 8.53. The standard InChI is InChI=1S/C11H14N2O2/c1-3-11(14-5-6-15-11)4-2-9(1)10-7-12-8-13-10/h1,7-8H,2-6H2,(H,12,13). The molecule has 1 aliphatic carbocycles. The van der Waals surface area contributed by atoms with Crippen LogP contribution < -0.4 is 0 Å². The molecule has 3 rings (SSSR count). The van der Waals surface area contributed by atoms with Crippen molar-refractivity contribution in [2.24, 2.45) is 0 Å². The summed E-state index contributed by atoms with van der Waals surface area (Å²) in [5.74, 6) is -0.316. The smallest absolute Gasteiger partial charge is 0.172 e. The van der Waals surface area contributed by atoms with Crippen molar-refractivity contribution < 1.29 is 9.47 Å². The van der Waals surface area contributed by atoms with Crippen LogP contribution in [0.4, 0.5) is 0 Å².